The third kappa shape index (κ3) is 4.59. The number of hydrogen-bond acceptors (Lipinski definition) is 3. The monoisotopic (exact) mass is 352 g/mol. The summed E-state index contributed by atoms with van der Waals surface area (Å²) in [5.41, 5.74) is 2.97. The summed E-state index contributed by atoms with van der Waals surface area (Å²) in [6, 6.07) is 9.45. The largest absolute Gasteiger partial charge is 0.323 e. The lowest BCUT2D eigenvalue weighted by Crippen LogP contribution is -2.13. The summed E-state index contributed by atoms with van der Waals surface area (Å²) in [4.78, 5) is 23.5. The Kier molecular flexibility index (Phi) is 5.51. The predicted molar refractivity (Wildman–Crippen MR) is 102 cm³/mol. The summed E-state index contributed by atoms with van der Waals surface area (Å²) in [6.07, 6.45) is 4.67. The van der Waals surface area contributed by atoms with Gasteiger partial charge in [0.2, 0.25) is 11.8 Å². The van der Waals surface area contributed by atoms with Crippen LogP contribution in [0.15, 0.2) is 43.0 Å². The van der Waals surface area contributed by atoms with Gasteiger partial charge in [-0.05, 0) is 50.0 Å². The predicted octanol–water partition coefficient (Wildman–Crippen LogP) is 3.48. The van der Waals surface area contributed by atoms with Gasteiger partial charge in [0.15, 0.2) is 5.82 Å². The Labute approximate surface area is 153 Å². The first kappa shape index (κ1) is 17.9. The average molecular weight is 352 g/mol. The Morgan fingerprint density at radius 2 is 2.00 bits per heavy atom. The molecule has 3 rings (SSSR count). The molecule has 0 atom stereocenters. The maximum atomic E-state index is 12.2. The zero-order chi connectivity index (χ0) is 18.5. The standard InChI is InChI=1S/C20H24N4O2/c1-3-19(25)21-16-10-5-14(6-11-16)7-12-20(26)22-18-13-17(15-8-9-15)24(4-2)23-18/h3,5-6,10-11,13,15H,1,4,7-9,12H2,2H3,(H,21,25)(H,22,23,26). The zero-order valence-corrected chi connectivity index (χ0v) is 15.0. The molecule has 6 heteroatoms. The molecule has 136 valence electrons. The van der Waals surface area contributed by atoms with Crippen molar-refractivity contribution in [2.24, 2.45) is 0 Å². The number of hydrogen-bond donors (Lipinski definition) is 2. The fourth-order valence-electron chi connectivity index (χ4n) is 2.86. The quantitative estimate of drug-likeness (QED) is 0.714. The molecule has 26 heavy (non-hydrogen) atoms. The molecule has 1 aromatic carbocycles. The van der Waals surface area contributed by atoms with Crippen LogP contribution in [-0.2, 0) is 22.6 Å². The van der Waals surface area contributed by atoms with Gasteiger partial charge in [0, 0.05) is 36.3 Å². The molecule has 1 aromatic heterocycles. The van der Waals surface area contributed by atoms with Gasteiger partial charge < -0.3 is 10.6 Å². The maximum Gasteiger partial charge on any atom is 0.247 e. The molecule has 0 unspecified atom stereocenters. The smallest absolute Gasteiger partial charge is 0.247 e. The Balaban J connectivity index is 1.51. The lowest BCUT2D eigenvalue weighted by Gasteiger charge is -2.05. The normalized spacial score (nSPS) is 13.3. The highest BCUT2D eigenvalue weighted by molar-refractivity contribution is 5.98. The molecule has 6 nitrogen and oxygen atoms in total. The van der Waals surface area contributed by atoms with E-state index in [1.165, 1.54) is 24.6 Å². The van der Waals surface area contributed by atoms with Crippen LogP contribution in [0.2, 0.25) is 0 Å². The molecule has 0 spiro atoms. The molecule has 1 fully saturated rings. The summed E-state index contributed by atoms with van der Waals surface area (Å²) in [7, 11) is 0. The summed E-state index contributed by atoms with van der Waals surface area (Å²) >= 11 is 0. The highest BCUT2D eigenvalue weighted by Gasteiger charge is 2.27. The first-order chi connectivity index (χ1) is 12.6. The molecule has 0 saturated heterocycles. The third-order valence-corrected chi connectivity index (χ3v) is 4.42. The highest BCUT2D eigenvalue weighted by atomic mass is 16.2. The number of amides is 2. The number of carbonyl (C=O) groups excluding carboxylic acids is 2. The van der Waals surface area contributed by atoms with E-state index in [4.69, 9.17) is 0 Å². The first-order valence-electron chi connectivity index (χ1n) is 8.99. The second-order valence-electron chi connectivity index (χ2n) is 6.48. The fraction of sp³-hybridized carbons (Fsp3) is 0.350. The van der Waals surface area contributed by atoms with Crippen molar-refractivity contribution in [3.05, 3.63) is 54.2 Å². The topological polar surface area (TPSA) is 76.0 Å². The third-order valence-electron chi connectivity index (χ3n) is 4.42. The van der Waals surface area contributed by atoms with E-state index in [0.29, 0.717) is 30.3 Å². The summed E-state index contributed by atoms with van der Waals surface area (Å²) in [6.45, 7) is 6.30. The van der Waals surface area contributed by atoms with E-state index < -0.39 is 0 Å². The van der Waals surface area contributed by atoms with Gasteiger partial charge in [-0.25, -0.2) is 0 Å². The van der Waals surface area contributed by atoms with Crippen LogP contribution in [0.3, 0.4) is 0 Å². The molecule has 2 N–H and O–H groups in total. The lowest BCUT2D eigenvalue weighted by molar-refractivity contribution is -0.116. The molecule has 0 bridgehead atoms. The van der Waals surface area contributed by atoms with Gasteiger partial charge in [0.05, 0.1) is 0 Å². The number of anilines is 2. The van der Waals surface area contributed by atoms with E-state index in [1.54, 1.807) is 0 Å². The minimum absolute atomic E-state index is 0.0443. The molecule has 1 saturated carbocycles. The van der Waals surface area contributed by atoms with E-state index in [1.807, 2.05) is 35.0 Å². The number of aryl methyl sites for hydroxylation is 2. The van der Waals surface area contributed by atoms with Crippen molar-refractivity contribution < 1.29 is 9.59 Å². The summed E-state index contributed by atoms with van der Waals surface area (Å²) in [5, 5.41) is 10.1. The van der Waals surface area contributed by atoms with Crippen molar-refractivity contribution in [1.82, 2.24) is 9.78 Å². The van der Waals surface area contributed by atoms with Crippen LogP contribution in [0.5, 0.6) is 0 Å². The molecule has 1 aliphatic rings. The van der Waals surface area contributed by atoms with Crippen molar-refractivity contribution in [1.29, 1.82) is 0 Å². The second kappa shape index (κ2) is 7.99. The molecule has 0 aliphatic heterocycles. The highest BCUT2D eigenvalue weighted by Crippen LogP contribution is 2.40. The number of nitrogens with zero attached hydrogens (tertiary/aromatic N) is 2. The molecular weight excluding hydrogens is 328 g/mol. The number of nitrogens with one attached hydrogen (secondary N) is 2. The Bertz CT molecular complexity index is 804. The van der Waals surface area contributed by atoms with Crippen LogP contribution >= 0.6 is 0 Å². The van der Waals surface area contributed by atoms with E-state index >= 15 is 0 Å². The van der Waals surface area contributed by atoms with E-state index in [-0.39, 0.29) is 11.8 Å². The van der Waals surface area contributed by atoms with Crippen LogP contribution < -0.4 is 10.6 Å². The Morgan fingerprint density at radius 3 is 2.62 bits per heavy atom. The maximum absolute atomic E-state index is 12.2. The van der Waals surface area contributed by atoms with Crippen LogP contribution in [0, 0.1) is 0 Å². The van der Waals surface area contributed by atoms with Crippen LogP contribution in [-0.4, -0.2) is 21.6 Å². The van der Waals surface area contributed by atoms with Crippen molar-refractivity contribution in [2.45, 2.75) is 45.1 Å². The van der Waals surface area contributed by atoms with Crippen LogP contribution in [0.25, 0.3) is 0 Å². The average Bonchev–Trinajstić information content (AvgIpc) is 3.42. The summed E-state index contributed by atoms with van der Waals surface area (Å²) in [5.74, 6) is 0.959. The molecule has 1 heterocycles. The van der Waals surface area contributed by atoms with E-state index in [0.717, 1.165) is 12.1 Å². The van der Waals surface area contributed by atoms with Gasteiger partial charge in [-0.2, -0.15) is 5.10 Å². The van der Waals surface area contributed by atoms with Gasteiger partial charge in [0.25, 0.3) is 0 Å². The Hall–Kier alpha value is -2.89. The van der Waals surface area contributed by atoms with Gasteiger partial charge in [-0.15, -0.1) is 0 Å². The molecule has 1 aliphatic carbocycles. The number of aromatic nitrogens is 2. The van der Waals surface area contributed by atoms with Crippen LogP contribution in [0.4, 0.5) is 11.5 Å². The number of rotatable bonds is 8. The zero-order valence-electron chi connectivity index (χ0n) is 15.0. The molecular formula is C20H24N4O2. The van der Waals surface area contributed by atoms with Gasteiger partial charge in [-0.3, -0.25) is 14.3 Å². The van der Waals surface area contributed by atoms with Crippen molar-refractivity contribution in [2.75, 3.05) is 10.6 Å². The number of carbonyl (C=O) groups is 2. The van der Waals surface area contributed by atoms with Crippen molar-refractivity contribution in [3.63, 3.8) is 0 Å². The van der Waals surface area contributed by atoms with E-state index in [9.17, 15) is 9.59 Å². The van der Waals surface area contributed by atoms with Gasteiger partial charge in [-0.1, -0.05) is 18.7 Å². The Morgan fingerprint density at radius 1 is 1.27 bits per heavy atom. The van der Waals surface area contributed by atoms with Gasteiger partial charge >= 0.3 is 0 Å². The van der Waals surface area contributed by atoms with E-state index in [2.05, 4.69) is 29.2 Å². The van der Waals surface area contributed by atoms with Crippen LogP contribution in [0.1, 0.15) is 43.4 Å². The summed E-state index contributed by atoms with van der Waals surface area (Å²) < 4.78 is 1.98. The van der Waals surface area contributed by atoms with Crippen molar-refractivity contribution in [3.8, 4) is 0 Å². The lowest BCUT2D eigenvalue weighted by atomic mass is 10.1. The van der Waals surface area contributed by atoms with Gasteiger partial charge in [0.1, 0.15) is 0 Å². The van der Waals surface area contributed by atoms with Crippen molar-refractivity contribution >= 4 is 23.3 Å². The minimum Gasteiger partial charge on any atom is -0.323 e. The number of benzene rings is 1. The molecule has 2 amide bonds. The first-order valence-corrected chi connectivity index (χ1v) is 8.99. The second-order valence-corrected chi connectivity index (χ2v) is 6.48. The fourth-order valence-corrected chi connectivity index (χ4v) is 2.86. The molecule has 0 radical (unpaired) electrons. The molecule has 2 aromatic rings. The minimum atomic E-state index is -0.241. The SMILES string of the molecule is C=CC(=O)Nc1ccc(CCC(=O)Nc2cc(C3CC3)n(CC)n2)cc1.